The summed E-state index contributed by atoms with van der Waals surface area (Å²) in [5.41, 5.74) is 3.64. The third-order valence-corrected chi connectivity index (χ3v) is 4.56. The highest BCUT2D eigenvalue weighted by molar-refractivity contribution is 5.32. The van der Waals surface area contributed by atoms with E-state index in [0.717, 1.165) is 0 Å². The number of rotatable bonds is 5. The Kier molecular flexibility index (Phi) is 5.26. The molecule has 0 aromatic heterocycles. The van der Waals surface area contributed by atoms with E-state index >= 15 is 0 Å². The first-order valence-electron chi connectivity index (χ1n) is 8.33. The Balaban J connectivity index is 2.01. The van der Waals surface area contributed by atoms with Crippen LogP contribution >= 0.6 is 0 Å². The van der Waals surface area contributed by atoms with E-state index < -0.39 is 0 Å². The lowest BCUT2D eigenvalue weighted by atomic mass is 9.86. The van der Waals surface area contributed by atoms with Gasteiger partial charge >= 0.3 is 0 Å². The third-order valence-electron chi connectivity index (χ3n) is 4.56. The summed E-state index contributed by atoms with van der Waals surface area (Å²) in [7, 11) is 0. The van der Waals surface area contributed by atoms with E-state index in [9.17, 15) is 0 Å². The molecule has 0 spiro atoms. The fraction of sp³-hybridized carbons (Fsp3) is 0.684. The summed E-state index contributed by atoms with van der Waals surface area (Å²) in [5.74, 6) is 0. The van der Waals surface area contributed by atoms with Crippen molar-refractivity contribution in [1.82, 2.24) is 4.90 Å². The first kappa shape index (κ1) is 15.6. The molecule has 1 heteroatoms. The summed E-state index contributed by atoms with van der Waals surface area (Å²) in [6, 6.07) is 9.73. The predicted molar refractivity (Wildman–Crippen MR) is 88.1 cm³/mol. The molecule has 20 heavy (non-hydrogen) atoms. The zero-order valence-corrected chi connectivity index (χ0v) is 13.8. The first-order valence-corrected chi connectivity index (χ1v) is 8.33. The van der Waals surface area contributed by atoms with Crippen molar-refractivity contribution in [3.63, 3.8) is 0 Å². The van der Waals surface area contributed by atoms with Crippen LogP contribution in [0.3, 0.4) is 0 Å². The summed E-state index contributed by atoms with van der Waals surface area (Å²) in [6.45, 7) is 11.8. The van der Waals surface area contributed by atoms with Gasteiger partial charge in [-0.15, -0.1) is 0 Å². The molecule has 1 atom stereocenters. The average molecular weight is 273 g/mol. The Bertz CT molecular complexity index is 416. The van der Waals surface area contributed by atoms with Crippen LogP contribution in [-0.2, 0) is 6.42 Å². The van der Waals surface area contributed by atoms with Gasteiger partial charge in [0.1, 0.15) is 0 Å². The zero-order valence-electron chi connectivity index (χ0n) is 13.8. The van der Waals surface area contributed by atoms with Crippen LogP contribution in [0.1, 0.15) is 70.5 Å². The molecule has 0 aliphatic heterocycles. The molecule has 1 aliphatic carbocycles. The Morgan fingerprint density at radius 1 is 1.20 bits per heavy atom. The second-order valence-corrected chi connectivity index (χ2v) is 7.40. The lowest BCUT2D eigenvalue weighted by Gasteiger charge is -2.35. The largest absolute Gasteiger partial charge is 0.297 e. The summed E-state index contributed by atoms with van der Waals surface area (Å²) in [4.78, 5) is 2.70. The highest BCUT2D eigenvalue weighted by Crippen LogP contribution is 2.34. The maximum absolute atomic E-state index is 2.70. The van der Waals surface area contributed by atoms with Gasteiger partial charge in [0.05, 0.1) is 0 Å². The summed E-state index contributed by atoms with van der Waals surface area (Å²) in [6.07, 6.45) is 6.58. The third kappa shape index (κ3) is 4.09. The van der Waals surface area contributed by atoms with Crippen LogP contribution in [-0.4, -0.2) is 18.0 Å². The van der Waals surface area contributed by atoms with Gasteiger partial charge in [0.2, 0.25) is 0 Å². The van der Waals surface area contributed by atoms with Crippen LogP contribution in [0, 0.1) is 5.41 Å². The smallest absolute Gasteiger partial charge is 0.0350 e. The fourth-order valence-corrected chi connectivity index (χ4v) is 3.45. The van der Waals surface area contributed by atoms with Gasteiger partial charge in [-0.05, 0) is 61.7 Å². The van der Waals surface area contributed by atoms with Gasteiger partial charge in [0.15, 0.2) is 0 Å². The van der Waals surface area contributed by atoms with Gasteiger partial charge in [0, 0.05) is 6.04 Å². The first-order chi connectivity index (χ1) is 9.51. The molecule has 0 saturated carbocycles. The van der Waals surface area contributed by atoms with Crippen molar-refractivity contribution in [3.8, 4) is 0 Å². The molecule has 1 unspecified atom stereocenters. The molecule has 2 rings (SSSR count). The van der Waals surface area contributed by atoms with Crippen molar-refractivity contribution in [2.75, 3.05) is 13.1 Å². The molecule has 0 fully saturated rings. The maximum atomic E-state index is 2.70. The molecule has 0 radical (unpaired) electrons. The second-order valence-electron chi connectivity index (χ2n) is 7.40. The van der Waals surface area contributed by atoms with Crippen LogP contribution < -0.4 is 0 Å². The van der Waals surface area contributed by atoms with Gasteiger partial charge in [-0.25, -0.2) is 0 Å². The number of nitrogens with zero attached hydrogens (tertiary/aromatic N) is 1. The van der Waals surface area contributed by atoms with Crippen molar-refractivity contribution in [2.24, 2.45) is 5.41 Å². The SMILES string of the molecule is CCN(CCCC(C)(C)C)C1CCCc2ccccc21. The van der Waals surface area contributed by atoms with E-state index in [1.807, 2.05) is 0 Å². The zero-order chi connectivity index (χ0) is 14.6. The molecule has 1 nitrogen and oxygen atoms in total. The number of aryl methyl sites for hydroxylation is 1. The summed E-state index contributed by atoms with van der Waals surface area (Å²) in [5, 5.41) is 0. The van der Waals surface area contributed by atoms with E-state index in [4.69, 9.17) is 0 Å². The van der Waals surface area contributed by atoms with Gasteiger partial charge < -0.3 is 0 Å². The normalized spacial score (nSPS) is 19.1. The van der Waals surface area contributed by atoms with Crippen molar-refractivity contribution in [2.45, 2.75) is 65.8 Å². The molecule has 1 aliphatic rings. The van der Waals surface area contributed by atoms with Crippen LogP contribution in [0.2, 0.25) is 0 Å². The molecule has 1 aromatic rings. The highest BCUT2D eigenvalue weighted by atomic mass is 15.1. The summed E-state index contributed by atoms with van der Waals surface area (Å²) >= 11 is 0. The minimum atomic E-state index is 0.462. The van der Waals surface area contributed by atoms with E-state index in [-0.39, 0.29) is 0 Å². The van der Waals surface area contributed by atoms with Crippen molar-refractivity contribution >= 4 is 0 Å². The van der Waals surface area contributed by atoms with Crippen molar-refractivity contribution < 1.29 is 0 Å². The molecular formula is C19H31N. The molecule has 0 bridgehead atoms. The number of benzene rings is 1. The number of fused-ring (bicyclic) bond motifs is 1. The van der Waals surface area contributed by atoms with Gasteiger partial charge in [-0.3, -0.25) is 4.90 Å². The Labute approximate surface area is 125 Å². The lowest BCUT2D eigenvalue weighted by Crippen LogP contribution is -2.32. The molecule has 0 N–H and O–H groups in total. The Morgan fingerprint density at radius 3 is 2.65 bits per heavy atom. The number of hydrogen-bond donors (Lipinski definition) is 0. The molecule has 0 amide bonds. The molecule has 0 heterocycles. The van der Waals surface area contributed by atoms with Crippen molar-refractivity contribution in [3.05, 3.63) is 35.4 Å². The van der Waals surface area contributed by atoms with E-state index in [2.05, 4.69) is 56.9 Å². The summed E-state index contributed by atoms with van der Waals surface area (Å²) < 4.78 is 0. The van der Waals surface area contributed by atoms with E-state index in [0.29, 0.717) is 11.5 Å². The minimum Gasteiger partial charge on any atom is -0.297 e. The highest BCUT2D eigenvalue weighted by Gasteiger charge is 2.24. The molecule has 0 saturated heterocycles. The predicted octanol–water partition coefficient (Wildman–Crippen LogP) is 5.21. The fourth-order valence-electron chi connectivity index (χ4n) is 3.45. The minimum absolute atomic E-state index is 0.462. The van der Waals surface area contributed by atoms with E-state index in [1.165, 1.54) is 45.2 Å². The van der Waals surface area contributed by atoms with Crippen LogP contribution in [0.5, 0.6) is 0 Å². The maximum Gasteiger partial charge on any atom is 0.0350 e. The van der Waals surface area contributed by atoms with Gasteiger partial charge in [0.25, 0.3) is 0 Å². The van der Waals surface area contributed by atoms with Gasteiger partial charge in [-0.1, -0.05) is 52.0 Å². The average Bonchev–Trinajstić information content (AvgIpc) is 2.42. The van der Waals surface area contributed by atoms with Crippen LogP contribution in [0.4, 0.5) is 0 Å². The standard InChI is InChI=1S/C19H31N/c1-5-20(15-9-14-19(2,3)4)18-13-8-11-16-10-6-7-12-17(16)18/h6-7,10,12,18H,5,8-9,11,13-15H2,1-4H3. The van der Waals surface area contributed by atoms with Crippen LogP contribution in [0.15, 0.2) is 24.3 Å². The Hall–Kier alpha value is -0.820. The van der Waals surface area contributed by atoms with Crippen LogP contribution in [0.25, 0.3) is 0 Å². The monoisotopic (exact) mass is 273 g/mol. The lowest BCUT2D eigenvalue weighted by molar-refractivity contribution is 0.176. The molecule has 1 aromatic carbocycles. The quantitative estimate of drug-likeness (QED) is 0.711. The Morgan fingerprint density at radius 2 is 1.95 bits per heavy atom. The van der Waals surface area contributed by atoms with Crippen molar-refractivity contribution in [1.29, 1.82) is 0 Å². The van der Waals surface area contributed by atoms with E-state index in [1.54, 1.807) is 11.1 Å². The molecular weight excluding hydrogens is 242 g/mol. The number of hydrogen-bond acceptors (Lipinski definition) is 1. The molecule has 112 valence electrons. The topological polar surface area (TPSA) is 3.24 Å². The second kappa shape index (κ2) is 6.76. The van der Waals surface area contributed by atoms with Gasteiger partial charge in [-0.2, -0.15) is 0 Å².